The number of rotatable bonds is 6. The molecule has 7 heteroatoms. The zero-order valence-corrected chi connectivity index (χ0v) is 15.3. The fourth-order valence-corrected chi connectivity index (χ4v) is 3.74. The molecule has 2 fully saturated rings. The summed E-state index contributed by atoms with van der Waals surface area (Å²) in [6.45, 7) is 4.76. The fraction of sp³-hybridized carbons (Fsp3) is 0.579. The summed E-state index contributed by atoms with van der Waals surface area (Å²) in [6.07, 6.45) is 1.64. The summed E-state index contributed by atoms with van der Waals surface area (Å²) in [5.74, 6) is 0.169. The third-order valence-electron chi connectivity index (χ3n) is 5.43. The third-order valence-corrected chi connectivity index (χ3v) is 5.43. The number of benzene rings is 1. The molecule has 0 bridgehead atoms. The Labute approximate surface area is 153 Å². The van der Waals surface area contributed by atoms with E-state index in [1.807, 2.05) is 12.1 Å². The summed E-state index contributed by atoms with van der Waals surface area (Å²) in [5.41, 5.74) is 1.02. The molecule has 3 rings (SSSR count). The summed E-state index contributed by atoms with van der Waals surface area (Å²) in [7, 11) is 1.55. The molecule has 142 valence electrons. The monoisotopic (exact) mass is 362 g/mol. The van der Waals surface area contributed by atoms with Crippen LogP contribution in [0.5, 0.6) is 11.5 Å². The third kappa shape index (κ3) is 3.93. The molecule has 1 atom stereocenters. The molecule has 1 aromatic carbocycles. The van der Waals surface area contributed by atoms with Gasteiger partial charge >= 0.3 is 5.97 Å². The van der Waals surface area contributed by atoms with Crippen LogP contribution in [0, 0.1) is 5.41 Å². The van der Waals surface area contributed by atoms with Gasteiger partial charge in [0.1, 0.15) is 0 Å². The number of carboxylic acids is 1. The summed E-state index contributed by atoms with van der Waals surface area (Å²) in [5, 5.41) is 12.1. The molecule has 0 aliphatic carbocycles. The van der Waals surface area contributed by atoms with Crippen molar-refractivity contribution in [1.82, 2.24) is 10.2 Å². The number of aliphatic carboxylic acids is 1. The van der Waals surface area contributed by atoms with Crippen LogP contribution >= 0.6 is 0 Å². The van der Waals surface area contributed by atoms with Gasteiger partial charge in [-0.2, -0.15) is 0 Å². The minimum absolute atomic E-state index is 0.110. The molecule has 1 spiro atoms. The molecule has 7 nitrogen and oxygen atoms in total. The van der Waals surface area contributed by atoms with Gasteiger partial charge < -0.3 is 19.9 Å². The summed E-state index contributed by atoms with van der Waals surface area (Å²) in [4.78, 5) is 25.0. The highest BCUT2D eigenvalue weighted by atomic mass is 16.5. The Balaban J connectivity index is 1.70. The van der Waals surface area contributed by atoms with Gasteiger partial charge in [0, 0.05) is 25.1 Å². The van der Waals surface area contributed by atoms with Gasteiger partial charge in [-0.15, -0.1) is 0 Å². The number of para-hydroxylation sites is 1. The second-order valence-corrected chi connectivity index (χ2v) is 7.28. The van der Waals surface area contributed by atoms with Crippen molar-refractivity contribution in [2.24, 2.45) is 5.41 Å². The van der Waals surface area contributed by atoms with E-state index in [1.54, 1.807) is 13.2 Å². The molecule has 2 aliphatic rings. The molecule has 2 aliphatic heterocycles. The van der Waals surface area contributed by atoms with Crippen molar-refractivity contribution in [2.45, 2.75) is 38.8 Å². The number of piperidine rings is 1. The van der Waals surface area contributed by atoms with E-state index in [4.69, 9.17) is 14.6 Å². The Morgan fingerprint density at radius 2 is 2.12 bits per heavy atom. The molecule has 2 heterocycles. The topological polar surface area (TPSA) is 88.1 Å². The number of likely N-dealkylation sites (tertiary alicyclic amines) is 1. The van der Waals surface area contributed by atoms with Crippen LogP contribution in [0.3, 0.4) is 0 Å². The van der Waals surface area contributed by atoms with Crippen LogP contribution in [0.1, 0.15) is 31.7 Å². The maximum atomic E-state index is 11.6. The number of hydrogen-bond acceptors (Lipinski definition) is 5. The second kappa shape index (κ2) is 7.53. The standard InChI is InChI=1S/C19H26N2O5/c1-13(18(23)24)26-17-14(4-3-5-15(17)25-2)11-21-8-6-19(7-9-21)10-16(22)20-12-19/h3-5,13H,6-12H2,1-2H3,(H,20,22)(H,23,24). The van der Waals surface area contributed by atoms with E-state index in [2.05, 4.69) is 10.2 Å². The average molecular weight is 362 g/mol. The maximum Gasteiger partial charge on any atom is 0.344 e. The first-order valence-corrected chi connectivity index (χ1v) is 8.97. The first-order valence-electron chi connectivity index (χ1n) is 8.97. The van der Waals surface area contributed by atoms with Crippen LogP contribution in [0.25, 0.3) is 0 Å². The number of hydrogen-bond donors (Lipinski definition) is 2. The number of carbonyl (C=O) groups is 2. The number of nitrogens with zero attached hydrogens (tertiary/aromatic N) is 1. The Morgan fingerprint density at radius 3 is 2.69 bits per heavy atom. The molecular weight excluding hydrogens is 336 g/mol. The average Bonchev–Trinajstić information content (AvgIpc) is 2.98. The van der Waals surface area contributed by atoms with Crippen molar-refractivity contribution in [3.05, 3.63) is 23.8 Å². The van der Waals surface area contributed by atoms with Crippen LogP contribution in [0.4, 0.5) is 0 Å². The van der Waals surface area contributed by atoms with Crippen molar-refractivity contribution in [1.29, 1.82) is 0 Å². The van der Waals surface area contributed by atoms with Crippen molar-refractivity contribution in [2.75, 3.05) is 26.7 Å². The Morgan fingerprint density at radius 1 is 1.38 bits per heavy atom. The van der Waals surface area contributed by atoms with E-state index < -0.39 is 12.1 Å². The minimum Gasteiger partial charge on any atom is -0.493 e. The Bertz CT molecular complexity index is 683. The number of amides is 1. The highest BCUT2D eigenvalue weighted by Gasteiger charge is 2.40. The van der Waals surface area contributed by atoms with E-state index in [1.165, 1.54) is 6.92 Å². The van der Waals surface area contributed by atoms with Crippen LogP contribution in [-0.4, -0.2) is 54.7 Å². The predicted octanol–water partition coefficient (Wildman–Crippen LogP) is 1.65. The molecule has 1 unspecified atom stereocenters. The van der Waals surface area contributed by atoms with E-state index >= 15 is 0 Å². The summed E-state index contributed by atoms with van der Waals surface area (Å²) in [6, 6.07) is 5.60. The molecule has 26 heavy (non-hydrogen) atoms. The fourth-order valence-electron chi connectivity index (χ4n) is 3.74. The smallest absolute Gasteiger partial charge is 0.344 e. The van der Waals surface area contributed by atoms with Gasteiger partial charge in [0.25, 0.3) is 0 Å². The zero-order chi connectivity index (χ0) is 18.7. The SMILES string of the molecule is COc1cccc(CN2CCC3(CC2)CNC(=O)C3)c1OC(C)C(=O)O. The number of carbonyl (C=O) groups excluding carboxylic acids is 1. The minimum atomic E-state index is -1.01. The van der Waals surface area contributed by atoms with E-state index in [0.29, 0.717) is 24.5 Å². The van der Waals surface area contributed by atoms with Gasteiger partial charge in [-0.3, -0.25) is 9.69 Å². The molecule has 2 N–H and O–H groups in total. The molecule has 0 aromatic heterocycles. The van der Waals surface area contributed by atoms with Gasteiger partial charge in [0.05, 0.1) is 7.11 Å². The highest BCUT2D eigenvalue weighted by Crippen LogP contribution is 2.39. The number of nitrogens with one attached hydrogen (secondary N) is 1. The van der Waals surface area contributed by atoms with Crippen molar-refractivity contribution < 1.29 is 24.2 Å². The lowest BCUT2D eigenvalue weighted by Crippen LogP contribution is -2.40. The lowest BCUT2D eigenvalue weighted by atomic mass is 9.77. The van der Waals surface area contributed by atoms with E-state index in [0.717, 1.165) is 38.0 Å². The van der Waals surface area contributed by atoms with Gasteiger partial charge in [-0.1, -0.05) is 12.1 Å². The number of carboxylic acid groups (broad SMARTS) is 1. The summed E-state index contributed by atoms with van der Waals surface area (Å²) >= 11 is 0. The largest absolute Gasteiger partial charge is 0.493 e. The van der Waals surface area contributed by atoms with Gasteiger partial charge in [-0.25, -0.2) is 4.79 Å². The van der Waals surface area contributed by atoms with Crippen molar-refractivity contribution in [3.8, 4) is 11.5 Å². The van der Waals surface area contributed by atoms with Crippen molar-refractivity contribution >= 4 is 11.9 Å². The molecule has 0 radical (unpaired) electrons. The van der Waals surface area contributed by atoms with E-state index in [-0.39, 0.29) is 11.3 Å². The molecule has 1 aromatic rings. The predicted molar refractivity (Wildman–Crippen MR) is 95.3 cm³/mol. The van der Waals surface area contributed by atoms with Gasteiger partial charge in [-0.05, 0) is 44.3 Å². The Hall–Kier alpha value is -2.28. The van der Waals surface area contributed by atoms with Crippen LogP contribution in [0.2, 0.25) is 0 Å². The molecular formula is C19H26N2O5. The van der Waals surface area contributed by atoms with Crippen LogP contribution in [0.15, 0.2) is 18.2 Å². The van der Waals surface area contributed by atoms with E-state index in [9.17, 15) is 9.59 Å². The summed E-state index contributed by atoms with van der Waals surface area (Å²) < 4.78 is 11.0. The second-order valence-electron chi connectivity index (χ2n) is 7.28. The number of methoxy groups -OCH3 is 1. The Kier molecular flexibility index (Phi) is 5.36. The van der Waals surface area contributed by atoms with Crippen LogP contribution in [-0.2, 0) is 16.1 Å². The van der Waals surface area contributed by atoms with Gasteiger partial charge in [0.2, 0.25) is 5.91 Å². The first-order chi connectivity index (χ1) is 12.4. The first kappa shape index (κ1) is 18.5. The van der Waals surface area contributed by atoms with Gasteiger partial charge in [0.15, 0.2) is 17.6 Å². The quantitative estimate of drug-likeness (QED) is 0.800. The zero-order valence-electron chi connectivity index (χ0n) is 15.3. The highest BCUT2D eigenvalue weighted by molar-refractivity contribution is 5.79. The van der Waals surface area contributed by atoms with Crippen molar-refractivity contribution in [3.63, 3.8) is 0 Å². The number of ether oxygens (including phenoxy) is 2. The normalized spacial score (nSPS) is 20.6. The molecule has 1 amide bonds. The molecule has 0 saturated carbocycles. The van der Waals surface area contributed by atoms with Crippen LogP contribution < -0.4 is 14.8 Å². The maximum absolute atomic E-state index is 11.6. The molecule has 2 saturated heterocycles. The lowest BCUT2D eigenvalue weighted by molar-refractivity contribution is -0.144. The lowest BCUT2D eigenvalue weighted by Gasteiger charge is -2.38.